The molecule has 0 aromatic heterocycles. The molecule has 1 aromatic rings. The fraction of sp³-hybridized carbons (Fsp3) is 0.143. The van der Waals surface area contributed by atoms with E-state index in [0.29, 0.717) is 5.56 Å². The Morgan fingerprint density at radius 2 is 2.00 bits per heavy atom. The summed E-state index contributed by atoms with van der Waals surface area (Å²) in [4.78, 5) is 2.44. The summed E-state index contributed by atoms with van der Waals surface area (Å²) in [7, 11) is 0. The zero-order chi connectivity index (χ0) is 11.5. The van der Waals surface area contributed by atoms with Crippen LogP contribution in [0.2, 0.25) is 0 Å². The molecular formula is C7H6BF3N3S-. The molecule has 0 atom stereocenters. The highest BCUT2D eigenvalue weighted by atomic mass is 32.1. The van der Waals surface area contributed by atoms with Gasteiger partial charge in [-0.1, -0.05) is 17.2 Å². The summed E-state index contributed by atoms with van der Waals surface area (Å²) in [5, 5.41) is 3.15. The van der Waals surface area contributed by atoms with Crippen LogP contribution in [0.3, 0.4) is 0 Å². The Hall–Kier alpha value is -1.27. The molecule has 0 amide bonds. The summed E-state index contributed by atoms with van der Waals surface area (Å²) in [5.41, 5.74) is 7.70. The number of hydrogen-bond acceptors (Lipinski definition) is 2. The van der Waals surface area contributed by atoms with Crippen LogP contribution >= 0.6 is 12.6 Å². The van der Waals surface area contributed by atoms with Gasteiger partial charge in [0, 0.05) is 16.4 Å². The number of thiol groups is 1. The maximum atomic E-state index is 12.4. The fourth-order valence-electron chi connectivity index (χ4n) is 1.09. The highest BCUT2D eigenvalue weighted by molar-refractivity contribution is 7.79. The Bertz CT molecular complexity index is 414. The molecule has 3 nitrogen and oxygen atoms in total. The van der Waals surface area contributed by atoms with Crippen molar-refractivity contribution in [2.75, 3.05) is 0 Å². The van der Waals surface area contributed by atoms with Crippen molar-refractivity contribution >= 4 is 30.8 Å². The number of halogens is 3. The molecule has 0 aliphatic carbocycles. The van der Waals surface area contributed by atoms with Crippen LogP contribution in [0.5, 0.6) is 0 Å². The molecule has 0 heterocycles. The van der Waals surface area contributed by atoms with E-state index in [0.717, 1.165) is 12.1 Å². The van der Waals surface area contributed by atoms with Crippen molar-refractivity contribution in [2.24, 2.45) is 5.11 Å². The zero-order valence-corrected chi connectivity index (χ0v) is 8.33. The lowest BCUT2D eigenvalue weighted by molar-refractivity contribution is 0.501. The minimum absolute atomic E-state index is 0.0433. The number of hydrogen-bond donors (Lipinski definition) is 1. The topological polar surface area (TPSA) is 48.8 Å². The Morgan fingerprint density at radius 1 is 1.33 bits per heavy atom. The highest BCUT2D eigenvalue weighted by Gasteiger charge is 2.25. The van der Waals surface area contributed by atoms with Crippen LogP contribution in [0.25, 0.3) is 10.4 Å². The van der Waals surface area contributed by atoms with Gasteiger partial charge in [-0.3, -0.25) is 0 Å². The third-order valence-corrected chi connectivity index (χ3v) is 2.09. The molecule has 0 unspecified atom stereocenters. The first kappa shape index (κ1) is 11.8. The average molecular weight is 232 g/mol. The van der Waals surface area contributed by atoms with Crippen LogP contribution in [0, 0.1) is 0 Å². The van der Waals surface area contributed by atoms with E-state index in [1.165, 1.54) is 6.07 Å². The molecule has 0 radical (unpaired) electrons. The van der Waals surface area contributed by atoms with Gasteiger partial charge in [-0.15, -0.1) is 5.46 Å². The maximum Gasteiger partial charge on any atom is 0.509 e. The molecule has 15 heavy (non-hydrogen) atoms. The number of benzene rings is 1. The smallest absolute Gasteiger partial charge is 0.445 e. The van der Waals surface area contributed by atoms with Crippen LogP contribution in [-0.4, -0.2) is 6.98 Å². The first-order valence-electron chi connectivity index (χ1n) is 3.97. The van der Waals surface area contributed by atoms with Crippen molar-refractivity contribution in [1.29, 1.82) is 0 Å². The minimum atomic E-state index is -5.08. The largest absolute Gasteiger partial charge is 0.509 e. The van der Waals surface area contributed by atoms with Gasteiger partial charge in [-0.2, -0.15) is 12.6 Å². The lowest BCUT2D eigenvalue weighted by Gasteiger charge is -2.16. The van der Waals surface area contributed by atoms with E-state index in [1.54, 1.807) is 0 Å². The first-order valence-corrected chi connectivity index (χ1v) is 4.60. The minimum Gasteiger partial charge on any atom is -0.445 e. The standard InChI is InChI=1S/C7H6BF3N3S/c9-8(10,11)6-1-5(4-15)2-7(3-6)13-14-12/h1-3,15H,4H2/q-1. The van der Waals surface area contributed by atoms with E-state index in [4.69, 9.17) is 5.53 Å². The molecule has 0 saturated carbocycles. The normalized spacial score (nSPS) is 10.9. The van der Waals surface area contributed by atoms with Crippen molar-refractivity contribution in [2.45, 2.75) is 5.75 Å². The van der Waals surface area contributed by atoms with Gasteiger partial charge in [0.2, 0.25) is 0 Å². The third-order valence-electron chi connectivity index (χ3n) is 1.72. The van der Waals surface area contributed by atoms with Crippen LogP contribution in [0.15, 0.2) is 23.3 Å². The SMILES string of the molecule is [N-]=[N+]=Nc1cc(CS)cc([B-](F)(F)F)c1. The Kier molecular flexibility index (Phi) is 3.54. The molecular weight excluding hydrogens is 226 g/mol. The third kappa shape index (κ3) is 3.11. The molecule has 0 spiro atoms. The van der Waals surface area contributed by atoms with Gasteiger partial charge in [-0.05, 0) is 17.2 Å². The average Bonchev–Trinajstić information content (AvgIpc) is 2.16. The van der Waals surface area contributed by atoms with Gasteiger partial charge in [0.05, 0.1) is 0 Å². The molecule has 0 saturated heterocycles. The number of nitrogens with zero attached hydrogens (tertiary/aromatic N) is 3. The van der Waals surface area contributed by atoms with E-state index < -0.39 is 12.4 Å². The second-order valence-electron chi connectivity index (χ2n) is 2.86. The Morgan fingerprint density at radius 3 is 2.47 bits per heavy atom. The Labute approximate surface area is 89.4 Å². The van der Waals surface area contributed by atoms with Gasteiger partial charge >= 0.3 is 6.98 Å². The molecule has 0 N–H and O–H groups in total. The summed E-state index contributed by atoms with van der Waals surface area (Å²) in [6.45, 7) is -5.08. The van der Waals surface area contributed by atoms with Crippen molar-refractivity contribution < 1.29 is 12.9 Å². The zero-order valence-electron chi connectivity index (χ0n) is 7.44. The summed E-state index contributed by atoms with van der Waals surface area (Å²) in [6, 6.07) is 3.20. The van der Waals surface area contributed by atoms with Crippen LogP contribution < -0.4 is 5.46 Å². The molecule has 0 bridgehead atoms. The van der Waals surface area contributed by atoms with Crippen molar-refractivity contribution in [1.82, 2.24) is 0 Å². The quantitative estimate of drug-likeness (QED) is 0.273. The second kappa shape index (κ2) is 4.50. The molecule has 1 aromatic carbocycles. The maximum absolute atomic E-state index is 12.4. The number of rotatable bonds is 3. The summed E-state index contributed by atoms with van der Waals surface area (Å²) in [5.74, 6) is 0.161. The number of azide groups is 1. The molecule has 8 heteroatoms. The van der Waals surface area contributed by atoms with E-state index in [2.05, 4.69) is 22.7 Å². The van der Waals surface area contributed by atoms with Crippen LogP contribution in [0.1, 0.15) is 5.56 Å². The molecule has 80 valence electrons. The highest BCUT2D eigenvalue weighted by Crippen LogP contribution is 2.19. The van der Waals surface area contributed by atoms with E-state index in [9.17, 15) is 12.9 Å². The molecule has 1 rings (SSSR count). The summed E-state index contributed by atoms with van der Waals surface area (Å²) in [6.07, 6.45) is 0. The fourth-order valence-corrected chi connectivity index (χ4v) is 1.27. The predicted octanol–water partition coefficient (Wildman–Crippen LogP) is 3.11. The van der Waals surface area contributed by atoms with Crippen LogP contribution in [0.4, 0.5) is 18.6 Å². The van der Waals surface area contributed by atoms with Crippen molar-refractivity contribution in [3.8, 4) is 0 Å². The van der Waals surface area contributed by atoms with E-state index in [1.807, 2.05) is 0 Å². The van der Waals surface area contributed by atoms with Crippen molar-refractivity contribution in [3.05, 3.63) is 34.2 Å². The van der Waals surface area contributed by atoms with Gasteiger partial charge in [0.25, 0.3) is 0 Å². The first-order chi connectivity index (χ1) is 6.97. The predicted molar refractivity (Wildman–Crippen MR) is 56.7 cm³/mol. The summed E-state index contributed by atoms with van der Waals surface area (Å²) >= 11 is 3.87. The van der Waals surface area contributed by atoms with E-state index >= 15 is 0 Å². The Balaban J connectivity index is 3.29. The molecule has 0 aliphatic rings. The van der Waals surface area contributed by atoms with Gasteiger partial charge < -0.3 is 12.9 Å². The van der Waals surface area contributed by atoms with Crippen molar-refractivity contribution in [3.63, 3.8) is 0 Å². The summed E-state index contributed by atoms with van der Waals surface area (Å²) < 4.78 is 37.3. The lowest BCUT2D eigenvalue weighted by atomic mass is 9.79. The lowest BCUT2D eigenvalue weighted by Crippen LogP contribution is -2.34. The molecule has 0 fully saturated rings. The monoisotopic (exact) mass is 232 g/mol. The molecule has 0 aliphatic heterocycles. The van der Waals surface area contributed by atoms with Gasteiger partial charge in [0.1, 0.15) is 0 Å². The van der Waals surface area contributed by atoms with Gasteiger partial charge in [0.15, 0.2) is 0 Å². The van der Waals surface area contributed by atoms with Crippen LogP contribution in [-0.2, 0) is 5.75 Å². The van der Waals surface area contributed by atoms with Gasteiger partial charge in [-0.25, -0.2) is 0 Å². The van der Waals surface area contributed by atoms with E-state index in [-0.39, 0.29) is 11.4 Å². The second-order valence-corrected chi connectivity index (χ2v) is 3.17.